The number of fused-ring (bicyclic) bond motifs is 2. The first-order valence-electron chi connectivity index (χ1n) is 11.0. The largest absolute Gasteiger partial charge is 0.303 e. The molecule has 4 rings (SSSR count). The molecule has 1 saturated carbocycles. The van der Waals surface area contributed by atoms with Crippen molar-refractivity contribution < 1.29 is 8.78 Å². The number of alkyl halides is 2. The summed E-state index contributed by atoms with van der Waals surface area (Å²) in [7, 11) is 0. The third-order valence-corrected chi connectivity index (χ3v) is 8.27. The van der Waals surface area contributed by atoms with E-state index in [1.54, 1.807) is 0 Å². The average molecular weight is 389 g/mol. The summed E-state index contributed by atoms with van der Waals surface area (Å²) in [6.45, 7) is 9.57. The number of nitrogens with zero attached hydrogens (tertiary/aromatic N) is 2. The van der Waals surface area contributed by atoms with Gasteiger partial charge in [-0.2, -0.15) is 0 Å². The van der Waals surface area contributed by atoms with E-state index in [2.05, 4.69) is 28.1 Å². The maximum Gasteiger partial charge on any atom is 0.248 e. The lowest BCUT2D eigenvalue weighted by Crippen LogP contribution is -2.45. The van der Waals surface area contributed by atoms with Crippen molar-refractivity contribution in [3.8, 4) is 0 Å². The minimum Gasteiger partial charge on any atom is -0.303 e. The molecule has 1 aliphatic carbocycles. The molecule has 152 valence electrons. The molecule has 2 bridgehead atoms. The Bertz CT molecular complexity index is 418. The Morgan fingerprint density at radius 1 is 0.923 bits per heavy atom. The van der Waals surface area contributed by atoms with Gasteiger partial charge in [0, 0.05) is 37.2 Å². The Labute approximate surface area is 163 Å². The SMILES string of the molecule is CC.CC1CC2CCC(C1)N2SCC1CCN(CC2CC(F)(F)C2)CC1. The summed E-state index contributed by atoms with van der Waals surface area (Å²) in [6.07, 6.45) is 8.38. The van der Waals surface area contributed by atoms with Crippen LogP contribution in [0.2, 0.25) is 0 Å². The Morgan fingerprint density at radius 2 is 1.50 bits per heavy atom. The van der Waals surface area contributed by atoms with E-state index in [0.717, 1.165) is 43.6 Å². The molecule has 3 heterocycles. The van der Waals surface area contributed by atoms with E-state index in [4.69, 9.17) is 0 Å². The monoisotopic (exact) mass is 388 g/mol. The third kappa shape index (κ3) is 5.14. The van der Waals surface area contributed by atoms with Crippen molar-refractivity contribution in [2.75, 3.05) is 25.4 Å². The van der Waals surface area contributed by atoms with Gasteiger partial charge in [-0.05, 0) is 69.4 Å². The van der Waals surface area contributed by atoms with Gasteiger partial charge in [0.05, 0.1) is 0 Å². The summed E-state index contributed by atoms with van der Waals surface area (Å²) in [4.78, 5) is 2.44. The van der Waals surface area contributed by atoms with E-state index >= 15 is 0 Å². The van der Waals surface area contributed by atoms with Crippen LogP contribution in [-0.2, 0) is 0 Å². The number of halogens is 2. The predicted octanol–water partition coefficient (Wildman–Crippen LogP) is 5.68. The summed E-state index contributed by atoms with van der Waals surface area (Å²) in [6, 6.07) is 1.67. The molecule has 4 fully saturated rings. The molecule has 0 radical (unpaired) electrons. The summed E-state index contributed by atoms with van der Waals surface area (Å²) in [5.41, 5.74) is 0. The first-order valence-corrected chi connectivity index (χ1v) is 11.9. The van der Waals surface area contributed by atoms with Crippen molar-refractivity contribution in [2.45, 2.75) is 90.1 Å². The van der Waals surface area contributed by atoms with Gasteiger partial charge in [0.2, 0.25) is 5.92 Å². The molecular weight excluding hydrogens is 350 g/mol. The predicted molar refractivity (Wildman–Crippen MR) is 108 cm³/mol. The van der Waals surface area contributed by atoms with Crippen molar-refractivity contribution in [3.63, 3.8) is 0 Å². The number of hydrogen-bond donors (Lipinski definition) is 0. The highest BCUT2D eigenvalue weighted by Crippen LogP contribution is 2.44. The summed E-state index contributed by atoms with van der Waals surface area (Å²) in [5, 5.41) is 0. The van der Waals surface area contributed by atoms with E-state index in [1.165, 1.54) is 44.3 Å². The van der Waals surface area contributed by atoms with Crippen LogP contribution in [0.15, 0.2) is 0 Å². The van der Waals surface area contributed by atoms with Crippen LogP contribution in [0.4, 0.5) is 8.78 Å². The van der Waals surface area contributed by atoms with Crippen LogP contribution in [0.1, 0.15) is 72.1 Å². The van der Waals surface area contributed by atoms with Gasteiger partial charge in [-0.15, -0.1) is 0 Å². The topological polar surface area (TPSA) is 6.48 Å². The molecule has 0 aromatic heterocycles. The highest BCUT2D eigenvalue weighted by Gasteiger charge is 2.45. The second-order valence-electron chi connectivity index (χ2n) is 8.99. The highest BCUT2D eigenvalue weighted by atomic mass is 32.2. The number of hydrogen-bond acceptors (Lipinski definition) is 3. The maximum absolute atomic E-state index is 12.9. The molecule has 0 aromatic carbocycles. The third-order valence-electron chi connectivity index (χ3n) is 6.76. The molecule has 0 aromatic rings. The van der Waals surface area contributed by atoms with Crippen LogP contribution in [0.5, 0.6) is 0 Å². The molecule has 5 heteroatoms. The normalized spacial score (nSPS) is 35.7. The van der Waals surface area contributed by atoms with E-state index in [1.807, 2.05) is 13.8 Å². The summed E-state index contributed by atoms with van der Waals surface area (Å²) in [5.74, 6) is 0.910. The van der Waals surface area contributed by atoms with Gasteiger partial charge in [-0.3, -0.25) is 0 Å². The van der Waals surface area contributed by atoms with Crippen LogP contribution >= 0.6 is 11.9 Å². The van der Waals surface area contributed by atoms with Gasteiger partial charge in [0.15, 0.2) is 0 Å². The molecule has 2 nitrogen and oxygen atoms in total. The fraction of sp³-hybridized carbons (Fsp3) is 1.00. The van der Waals surface area contributed by atoms with Crippen LogP contribution in [0.25, 0.3) is 0 Å². The van der Waals surface area contributed by atoms with Crippen LogP contribution in [-0.4, -0.2) is 52.6 Å². The first-order chi connectivity index (χ1) is 12.5. The molecule has 2 atom stereocenters. The van der Waals surface area contributed by atoms with Gasteiger partial charge in [0.25, 0.3) is 0 Å². The van der Waals surface area contributed by atoms with Crippen molar-refractivity contribution >= 4 is 11.9 Å². The standard InChI is InChI=1S/C19H32F2N2S.C2H6/c1-14-8-17-2-3-18(9-14)23(17)24-13-15-4-6-22(7-5-15)12-16-10-19(20,21)11-16;1-2/h14-18H,2-13H2,1H3;1-2H3. The zero-order valence-corrected chi connectivity index (χ0v) is 17.7. The van der Waals surface area contributed by atoms with Crippen molar-refractivity contribution in [1.29, 1.82) is 0 Å². The van der Waals surface area contributed by atoms with Crippen molar-refractivity contribution in [2.24, 2.45) is 17.8 Å². The molecular formula is C21H38F2N2S. The number of rotatable bonds is 5. The van der Waals surface area contributed by atoms with E-state index in [-0.39, 0.29) is 18.8 Å². The Kier molecular flexibility index (Phi) is 7.29. The molecule has 3 saturated heterocycles. The molecule has 4 aliphatic rings. The van der Waals surface area contributed by atoms with Crippen LogP contribution in [0.3, 0.4) is 0 Å². The fourth-order valence-electron chi connectivity index (χ4n) is 5.42. The van der Waals surface area contributed by atoms with Gasteiger partial charge in [-0.1, -0.05) is 32.7 Å². The Hall–Kier alpha value is 0.130. The molecule has 0 spiro atoms. The highest BCUT2D eigenvalue weighted by molar-refractivity contribution is 7.97. The Balaban J connectivity index is 0.000000948. The van der Waals surface area contributed by atoms with Crippen molar-refractivity contribution in [3.05, 3.63) is 0 Å². The zero-order valence-electron chi connectivity index (χ0n) is 16.9. The van der Waals surface area contributed by atoms with Crippen molar-refractivity contribution in [1.82, 2.24) is 9.21 Å². The lowest BCUT2D eigenvalue weighted by atomic mass is 9.80. The van der Waals surface area contributed by atoms with Gasteiger partial charge < -0.3 is 4.90 Å². The lowest BCUT2D eigenvalue weighted by Gasteiger charge is -2.41. The van der Waals surface area contributed by atoms with Crippen LogP contribution < -0.4 is 0 Å². The number of likely N-dealkylation sites (tertiary alicyclic amines) is 1. The molecule has 26 heavy (non-hydrogen) atoms. The molecule has 2 unspecified atom stereocenters. The second kappa shape index (κ2) is 9.09. The lowest BCUT2D eigenvalue weighted by molar-refractivity contribution is -0.117. The smallest absolute Gasteiger partial charge is 0.248 e. The van der Waals surface area contributed by atoms with Gasteiger partial charge in [0.1, 0.15) is 0 Å². The summed E-state index contributed by atoms with van der Waals surface area (Å²) < 4.78 is 28.6. The zero-order chi connectivity index (χ0) is 18.7. The molecule has 3 aliphatic heterocycles. The Morgan fingerprint density at radius 3 is 2.04 bits per heavy atom. The first kappa shape index (κ1) is 20.9. The minimum absolute atomic E-state index is 0.124. The van der Waals surface area contributed by atoms with E-state index in [9.17, 15) is 8.78 Å². The minimum atomic E-state index is -2.36. The summed E-state index contributed by atoms with van der Waals surface area (Å²) >= 11 is 2.13. The van der Waals surface area contributed by atoms with E-state index < -0.39 is 5.92 Å². The van der Waals surface area contributed by atoms with Gasteiger partial charge >= 0.3 is 0 Å². The maximum atomic E-state index is 12.9. The second-order valence-corrected chi connectivity index (χ2v) is 10.0. The molecule has 0 N–H and O–H groups in total. The van der Waals surface area contributed by atoms with Crippen LogP contribution in [0, 0.1) is 17.8 Å². The molecule has 0 amide bonds. The number of piperidine rings is 2. The quantitative estimate of drug-likeness (QED) is 0.559. The average Bonchev–Trinajstić information content (AvgIpc) is 2.84. The fourth-order valence-corrected chi connectivity index (χ4v) is 6.94. The van der Waals surface area contributed by atoms with E-state index in [0.29, 0.717) is 0 Å². The van der Waals surface area contributed by atoms with Gasteiger partial charge in [-0.25, -0.2) is 13.1 Å².